The first kappa shape index (κ1) is 12.5. The van der Waals surface area contributed by atoms with Crippen LogP contribution in [0.4, 0.5) is 8.78 Å². The average Bonchev–Trinajstić information content (AvgIpc) is 2.77. The molecule has 0 saturated heterocycles. The number of aromatic nitrogens is 2. The van der Waals surface area contributed by atoms with E-state index < -0.39 is 6.61 Å². The summed E-state index contributed by atoms with van der Waals surface area (Å²) in [5, 5.41) is 0. The Morgan fingerprint density at radius 1 is 1.28 bits per heavy atom. The zero-order valence-electron chi connectivity index (χ0n) is 10.2. The van der Waals surface area contributed by atoms with Gasteiger partial charge >= 0.3 is 6.61 Å². The van der Waals surface area contributed by atoms with E-state index in [0.717, 1.165) is 11.3 Å². The van der Waals surface area contributed by atoms with Gasteiger partial charge in [0.15, 0.2) is 0 Å². The molecule has 0 N–H and O–H groups in total. The Labute approximate surface area is 104 Å². The number of nitrogens with zero attached hydrogens (tertiary/aromatic N) is 2. The van der Waals surface area contributed by atoms with Crippen LogP contribution in [0.15, 0.2) is 36.8 Å². The van der Waals surface area contributed by atoms with Crippen LogP contribution in [-0.2, 0) is 0 Å². The second kappa shape index (κ2) is 5.16. The Bertz CT molecular complexity index is 523. The molecule has 0 aliphatic carbocycles. The third kappa shape index (κ3) is 2.67. The monoisotopic (exact) mass is 252 g/mol. The Morgan fingerprint density at radius 2 is 2.06 bits per heavy atom. The molecular formula is C13H14F2N2O. The minimum absolute atomic E-state index is 0.152. The molecule has 0 radical (unpaired) electrons. The van der Waals surface area contributed by atoms with E-state index in [2.05, 4.69) is 9.72 Å². The topological polar surface area (TPSA) is 27.1 Å². The molecule has 18 heavy (non-hydrogen) atoms. The summed E-state index contributed by atoms with van der Waals surface area (Å²) in [6.07, 6.45) is 3.43. The van der Waals surface area contributed by atoms with Crippen LogP contribution >= 0.6 is 0 Å². The molecule has 0 fully saturated rings. The molecule has 0 amide bonds. The van der Waals surface area contributed by atoms with Gasteiger partial charge in [-0.2, -0.15) is 8.78 Å². The standard InChI is InChI=1S/C13H14F2N2O/c1-9(2)17-8-16-7-12(17)10-4-3-5-11(6-10)18-13(14)15/h3-9,13H,1-2H3. The van der Waals surface area contributed by atoms with Gasteiger partial charge in [0.05, 0.1) is 18.2 Å². The van der Waals surface area contributed by atoms with Gasteiger partial charge in [-0.25, -0.2) is 4.98 Å². The molecule has 5 heteroatoms. The SMILES string of the molecule is CC(C)n1cncc1-c1cccc(OC(F)F)c1. The molecule has 3 nitrogen and oxygen atoms in total. The van der Waals surface area contributed by atoms with E-state index in [1.165, 1.54) is 6.07 Å². The minimum Gasteiger partial charge on any atom is -0.435 e. The van der Waals surface area contributed by atoms with Crippen LogP contribution in [-0.4, -0.2) is 16.2 Å². The molecule has 0 aliphatic heterocycles. The van der Waals surface area contributed by atoms with Crippen LogP contribution in [0.1, 0.15) is 19.9 Å². The lowest BCUT2D eigenvalue weighted by Crippen LogP contribution is -2.03. The maximum absolute atomic E-state index is 12.2. The summed E-state index contributed by atoms with van der Waals surface area (Å²) in [5.74, 6) is 0.152. The van der Waals surface area contributed by atoms with Gasteiger partial charge in [0.2, 0.25) is 0 Å². The fourth-order valence-electron chi connectivity index (χ4n) is 1.77. The number of hydrogen-bond acceptors (Lipinski definition) is 2. The van der Waals surface area contributed by atoms with Crippen molar-refractivity contribution in [3.63, 3.8) is 0 Å². The van der Waals surface area contributed by atoms with E-state index in [-0.39, 0.29) is 11.8 Å². The van der Waals surface area contributed by atoms with Crippen molar-refractivity contribution in [1.29, 1.82) is 0 Å². The highest BCUT2D eigenvalue weighted by atomic mass is 19.3. The fourth-order valence-corrected chi connectivity index (χ4v) is 1.77. The highest BCUT2D eigenvalue weighted by molar-refractivity contribution is 5.61. The van der Waals surface area contributed by atoms with Gasteiger partial charge in [0.1, 0.15) is 5.75 Å². The molecule has 1 aromatic heterocycles. The molecule has 1 aromatic carbocycles. The number of ether oxygens (including phenoxy) is 1. The summed E-state index contributed by atoms with van der Waals surface area (Å²) in [5.41, 5.74) is 1.68. The lowest BCUT2D eigenvalue weighted by Gasteiger charge is -2.12. The van der Waals surface area contributed by atoms with Crippen molar-refractivity contribution in [1.82, 2.24) is 9.55 Å². The molecule has 96 valence electrons. The molecule has 0 saturated carbocycles. The van der Waals surface area contributed by atoms with Crippen LogP contribution in [0, 0.1) is 0 Å². The molecule has 0 unspecified atom stereocenters. The first-order chi connectivity index (χ1) is 8.58. The van der Waals surface area contributed by atoms with Crippen LogP contribution in [0.5, 0.6) is 5.75 Å². The first-order valence-corrected chi connectivity index (χ1v) is 5.65. The lowest BCUT2D eigenvalue weighted by molar-refractivity contribution is -0.0498. The van der Waals surface area contributed by atoms with Gasteiger partial charge in [0, 0.05) is 11.6 Å². The molecular weight excluding hydrogens is 238 g/mol. The van der Waals surface area contributed by atoms with Gasteiger partial charge in [0.25, 0.3) is 0 Å². The number of hydrogen-bond donors (Lipinski definition) is 0. The number of benzene rings is 1. The van der Waals surface area contributed by atoms with Gasteiger partial charge in [-0.05, 0) is 26.0 Å². The van der Waals surface area contributed by atoms with Crippen LogP contribution in [0.25, 0.3) is 11.3 Å². The number of halogens is 2. The van der Waals surface area contributed by atoms with Crippen molar-refractivity contribution in [3.05, 3.63) is 36.8 Å². The lowest BCUT2D eigenvalue weighted by atomic mass is 10.1. The summed E-state index contributed by atoms with van der Waals surface area (Å²) in [6.45, 7) is 1.25. The summed E-state index contributed by atoms with van der Waals surface area (Å²) in [6, 6.07) is 6.87. The normalized spacial score (nSPS) is 11.2. The largest absolute Gasteiger partial charge is 0.435 e. The van der Waals surface area contributed by atoms with Crippen molar-refractivity contribution in [3.8, 4) is 17.0 Å². The van der Waals surface area contributed by atoms with Crippen molar-refractivity contribution in [2.24, 2.45) is 0 Å². The highest BCUT2D eigenvalue weighted by Gasteiger charge is 2.10. The molecule has 0 atom stereocenters. The number of alkyl halides is 2. The number of imidazole rings is 1. The Kier molecular flexibility index (Phi) is 3.60. The predicted octanol–water partition coefficient (Wildman–Crippen LogP) is 3.73. The van der Waals surface area contributed by atoms with E-state index >= 15 is 0 Å². The quantitative estimate of drug-likeness (QED) is 0.829. The van der Waals surface area contributed by atoms with Crippen molar-refractivity contribution in [2.45, 2.75) is 26.5 Å². The van der Waals surface area contributed by atoms with Crippen molar-refractivity contribution >= 4 is 0 Å². The zero-order valence-corrected chi connectivity index (χ0v) is 10.2. The Balaban J connectivity index is 2.35. The van der Waals surface area contributed by atoms with E-state index in [0.29, 0.717) is 0 Å². The highest BCUT2D eigenvalue weighted by Crippen LogP contribution is 2.26. The Morgan fingerprint density at radius 3 is 2.72 bits per heavy atom. The Hall–Kier alpha value is -1.91. The van der Waals surface area contributed by atoms with Gasteiger partial charge < -0.3 is 9.30 Å². The van der Waals surface area contributed by atoms with Crippen LogP contribution in [0.2, 0.25) is 0 Å². The molecule has 0 bridgehead atoms. The summed E-state index contributed by atoms with van der Waals surface area (Å²) >= 11 is 0. The average molecular weight is 252 g/mol. The van der Waals surface area contributed by atoms with E-state index in [4.69, 9.17) is 0 Å². The van der Waals surface area contributed by atoms with E-state index in [1.54, 1.807) is 24.7 Å². The van der Waals surface area contributed by atoms with Gasteiger partial charge in [-0.3, -0.25) is 0 Å². The molecule has 0 spiro atoms. The number of rotatable bonds is 4. The van der Waals surface area contributed by atoms with Gasteiger partial charge in [-0.1, -0.05) is 12.1 Å². The smallest absolute Gasteiger partial charge is 0.387 e. The zero-order chi connectivity index (χ0) is 13.1. The van der Waals surface area contributed by atoms with Crippen molar-refractivity contribution in [2.75, 3.05) is 0 Å². The van der Waals surface area contributed by atoms with Crippen molar-refractivity contribution < 1.29 is 13.5 Å². The van der Waals surface area contributed by atoms with Crippen LogP contribution < -0.4 is 4.74 Å². The van der Waals surface area contributed by atoms with E-state index in [1.807, 2.05) is 24.5 Å². The maximum atomic E-state index is 12.2. The minimum atomic E-state index is -2.81. The van der Waals surface area contributed by atoms with Gasteiger partial charge in [-0.15, -0.1) is 0 Å². The predicted molar refractivity (Wildman–Crippen MR) is 64.7 cm³/mol. The molecule has 0 aliphatic rings. The summed E-state index contributed by atoms with van der Waals surface area (Å²) < 4.78 is 30.7. The first-order valence-electron chi connectivity index (χ1n) is 5.65. The third-order valence-corrected chi connectivity index (χ3v) is 2.58. The second-order valence-corrected chi connectivity index (χ2v) is 4.19. The maximum Gasteiger partial charge on any atom is 0.387 e. The molecule has 1 heterocycles. The molecule has 2 aromatic rings. The summed E-state index contributed by atoms with van der Waals surface area (Å²) in [7, 11) is 0. The summed E-state index contributed by atoms with van der Waals surface area (Å²) in [4.78, 5) is 4.08. The fraction of sp³-hybridized carbons (Fsp3) is 0.308. The van der Waals surface area contributed by atoms with Crippen LogP contribution in [0.3, 0.4) is 0 Å². The third-order valence-electron chi connectivity index (χ3n) is 2.58. The van der Waals surface area contributed by atoms with E-state index in [9.17, 15) is 8.78 Å². The second-order valence-electron chi connectivity index (χ2n) is 4.19. The molecule has 2 rings (SSSR count).